The third-order valence-electron chi connectivity index (χ3n) is 4.98. The van der Waals surface area contributed by atoms with Crippen molar-refractivity contribution in [1.29, 1.82) is 0 Å². The number of aliphatic imine (C=N–C) groups is 1. The fourth-order valence-electron chi connectivity index (χ4n) is 3.00. The predicted molar refractivity (Wildman–Crippen MR) is 107 cm³/mol. The minimum absolute atomic E-state index is 0.0828. The number of carbonyl (C=O) groups excluding carboxylic acids is 1. The van der Waals surface area contributed by atoms with Gasteiger partial charge in [0.05, 0.1) is 4.90 Å². The molecule has 0 bridgehead atoms. The van der Waals surface area contributed by atoms with E-state index in [0.29, 0.717) is 23.0 Å². The van der Waals surface area contributed by atoms with Gasteiger partial charge in [0.15, 0.2) is 0 Å². The Bertz CT molecular complexity index is 1040. The van der Waals surface area contributed by atoms with Crippen LogP contribution in [0.4, 0.5) is 5.13 Å². The molecular weight excluding hydrogens is 398 g/mol. The molecule has 2 N–H and O–H groups in total. The summed E-state index contributed by atoms with van der Waals surface area (Å²) in [7, 11) is -3.65. The van der Waals surface area contributed by atoms with Crippen LogP contribution in [0.1, 0.15) is 49.6 Å². The number of amides is 1. The standard InChI is InChI=1S/C18H21N5O3S2/c1-3-10(2)14(16(24)20-18-22-21-17(27-18)11-8-9-11)19-15-12-6-4-5-7-13(12)28(25,26)23-15/h4-7,10-11,14H,3,8-9H2,1-2H3,(H,19,23)(H,20,22,24). The van der Waals surface area contributed by atoms with Gasteiger partial charge in [0.2, 0.25) is 5.13 Å². The molecule has 1 aromatic carbocycles. The van der Waals surface area contributed by atoms with Gasteiger partial charge in [0.25, 0.3) is 15.9 Å². The van der Waals surface area contributed by atoms with Crippen molar-refractivity contribution in [3.63, 3.8) is 0 Å². The van der Waals surface area contributed by atoms with Crippen LogP contribution in [0.15, 0.2) is 34.2 Å². The molecule has 148 valence electrons. The largest absolute Gasteiger partial charge is 0.299 e. The first-order valence-electron chi connectivity index (χ1n) is 9.23. The molecule has 2 atom stereocenters. The van der Waals surface area contributed by atoms with Gasteiger partial charge in [-0.25, -0.2) is 8.42 Å². The van der Waals surface area contributed by atoms with E-state index in [9.17, 15) is 13.2 Å². The lowest BCUT2D eigenvalue weighted by Crippen LogP contribution is -2.34. The van der Waals surface area contributed by atoms with E-state index in [2.05, 4.69) is 25.2 Å². The van der Waals surface area contributed by atoms with Crippen molar-refractivity contribution in [3.8, 4) is 0 Å². The van der Waals surface area contributed by atoms with Crippen molar-refractivity contribution in [1.82, 2.24) is 14.9 Å². The number of carbonyl (C=O) groups is 1. The maximum atomic E-state index is 12.9. The van der Waals surface area contributed by atoms with E-state index in [1.807, 2.05) is 13.8 Å². The van der Waals surface area contributed by atoms with Crippen LogP contribution in [-0.4, -0.2) is 36.4 Å². The second-order valence-corrected chi connectivity index (χ2v) is 9.78. The number of fused-ring (bicyclic) bond motifs is 1. The highest BCUT2D eigenvalue weighted by atomic mass is 32.2. The van der Waals surface area contributed by atoms with Crippen LogP contribution in [0, 0.1) is 5.92 Å². The summed E-state index contributed by atoms with van der Waals surface area (Å²) in [6.45, 7) is 3.88. The van der Waals surface area contributed by atoms with E-state index < -0.39 is 16.1 Å². The summed E-state index contributed by atoms with van der Waals surface area (Å²) in [5.41, 5.74) is 0.482. The molecule has 2 aromatic rings. The lowest BCUT2D eigenvalue weighted by atomic mass is 9.99. The quantitative estimate of drug-likeness (QED) is 0.747. The van der Waals surface area contributed by atoms with Crippen LogP contribution < -0.4 is 10.0 Å². The van der Waals surface area contributed by atoms with Crippen molar-refractivity contribution in [2.75, 3.05) is 5.32 Å². The van der Waals surface area contributed by atoms with Gasteiger partial charge in [0.1, 0.15) is 16.9 Å². The van der Waals surface area contributed by atoms with Crippen LogP contribution >= 0.6 is 11.3 Å². The molecule has 1 aliphatic carbocycles. The zero-order valence-electron chi connectivity index (χ0n) is 15.5. The number of hydrogen-bond donors (Lipinski definition) is 2. The van der Waals surface area contributed by atoms with Gasteiger partial charge < -0.3 is 0 Å². The highest BCUT2D eigenvalue weighted by molar-refractivity contribution is 7.90. The fraction of sp³-hybridized carbons (Fsp3) is 0.444. The maximum Gasteiger partial charge on any atom is 0.263 e. The monoisotopic (exact) mass is 419 g/mol. The summed E-state index contributed by atoms with van der Waals surface area (Å²) in [5.74, 6) is 0.273. The van der Waals surface area contributed by atoms with Gasteiger partial charge in [-0.15, -0.1) is 10.2 Å². The number of rotatable bonds is 6. The molecule has 1 aromatic heterocycles. The number of nitrogens with one attached hydrogen (secondary N) is 2. The van der Waals surface area contributed by atoms with Crippen LogP contribution in [-0.2, 0) is 14.8 Å². The zero-order chi connectivity index (χ0) is 19.9. The number of anilines is 1. The fourth-order valence-corrected chi connectivity index (χ4v) is 5.15. The van der Waals surface area contributed by atoms with E-state index in [-0.39, 0.29) is 22.6 Å². The lowest BCUT2D eigenvalue weighted by molar-refractivity contribution is -0.118. The third kappa shape index (κ3) is 3.66. The van der Waals surface area contributed by atoms with Gasteiger partial charge >= 0.3 is 0 Å². The molecule has 2 heterocycles. The number of benzene rings is 1. The number of sulfonamides is 1. The molecule has 2 aliphatic rings. The molecule has 1 aliphatic heterocycles. The predicted octanol–water partition coefficient (Wildman–Crippen LogP) is 2.51. The Morgan fingerprint density at radius 1 is 1.36 bits per heavy atom. The molecule has 1 amide bonds. The Labute approximate surface area is 167 Å². The summed E-state index contributed by atoms with van der Waals surface area (Å²) in [4.78, 5) is 17.6. The molecule has 2 unspecified atom stereocenters. The Balaban J connectivity index is 1.61. The second kappa shape index (κ2) is 7.25. The first kappa shape index (κ1) is 19.0. The van der Waals surface area contributed by atoms with Crippen LogP contribution in [0.25, 0.3) is 0 Å². The van der Waals surface area contributed by atoms with Gasteiger partial charge in [-0.05, 0) is 30.9 Å². The molecule has 0 spiro atoms. The maximum absolute atomic E-state index is 12.9. The summed E-state index contributed by atoms with van der Waals surface area (Å²) in [5, 5.41) is 12.4. The van der Waals surface area contributed by atoms with Crippen LogP contribution in [0.3, 0.4) is 0 Å². The summed E-state index contributed by atoms with van der Waals surface area (Å²) >= 11 is 1.39. The van der Waals surface area contributed by atoms with Gasteiger partial charge in [-0.1, -0.05) is 43.7 Å². The molecule has 8 nitrogen and oxygen atoms in total. The Morgan fingerprint density at radius 2 is 2.11 bits per heavy atom. The van der Waals surface area contributed by atoms with Gasteiger partial charge in [0, 0.05) is 11.5 Å². The average molecular weight is 420 g/mol. The Morgan fingerprint density at radius 3 is 2.82 bits per heavy atom. The Hall–Kier alpha value is -2.33. The van der Waals surface area contributed by atoms with E-state index in [0.717, 1.165) is 17.8 Å². The minimum Gasteiger partial charge on any atom is -0.299 e. The Kier molecular flexibility index (Phi) is 4.92. The number of nitrogens with zero attached hydrogens (tertiary/aromatic N) is 3. The van der Waals surface area contributed by atoms with E-state index in [1.54, 1.807) is 18.2 Å². The first-order valence-corrected chi connectivity index (χ1v) is 11.5. The van der Waals surface area contributed by atoms with Crippen LogP contribution in [0.2, 0.25) is 0 Å². The van der Waals surface area contributed by atoms with Gasteiger partial charge in [-0.3, -0.25) is 19.8 Å². The smallest absolute Gasteiger partial charge is 0.263 e. The molecule has 0 radical (unpaired) electrons. The summed E-state index contributed by atoms with van der Waals surface area (Å²) in [6, 6.07) is 5.87. The second-order valence-electron chi connectivity index (χ2n) is 7.12. The highest BCUT2D eigenvalue weighted by Gasteiger charge is 2.33. The molecule has 1 fully saturated rings. The van der Waals surface area contributed by atoms with Crippen molar-refractivity contribution in [2.45, 2.75) is 50.0 Å². The molecule has 1 saturated carbocycles. The molecule has 10 heteroatoms. The molecule has 0 saturated heterocycles. The number of amidine groups is 1. The number of aromatic nitrogens is 2. The van der Waals surface area contributed by atoms with Crippen LogP contribution in [0.5, 0.6) is 0 Å². The minimum atomic E-state index is -3.65. The van der Waals surface area contributed by atoms with Crippen molar-refractivity contribution >= 4 is 38.2 Å². The molecule has 4 rings (SSSR count). The average Bonchev–Trinajstić information content (AvgIpc) is 3.37. The first-order chi connectivity index (χ1) is 13.4. The lowest BCUT2D eigenvalue weighted by Gasteiger charge is -2.18. The summed E-state index contributed by atoms with van der Waals surface area (Å²) in [6.07, 6.45) is 2.95. The normalized spacial score (nSPS) is 21.0. The number of hydrogen-bond acceptors (Lipinski definition) is 7. The van der Waals surface area contributed by atoms with E-state index >= 15 is 0 Å². The zero-order valence-corrected chi connectivity index (χ0v) is 17.2. The molecular formula is C18H21N5O3S2. The third-order valence-corrected chi connectivity index (χ3v) is 7.38. The van der Waals surface area contributed by atoms with Gasteiger partial charge in [-0.2, -0.15) is 0 Å². The van der Waals surface area contributed by atoms with E-state index in [4.69, 9.17) is 0 Å². The van der Waals surface area contributed by atoms with Crippen molar-refractivity contribution in [2.24, 2.45) is 10.9 Å². The molecule has 28 heavy (non-hydrogen) atoms. The van der Waals surface area contributed by atoms with Crippen molar-refractivity contribution in [3.05, 3.63) is 34.8 Å². The SMILES string of the molecule is CCC(C)C(N=C1NS(=O)(=O)c2ccccc21)C(=O)Nc1nnc(C2CC2)s1. The van der Waals surface area contributed by atoms with Crippen molar-refractivity contribution < 1.29 is 13.2 Å². The summed E-state index contributed by atoms with van der Waals surface area (Å²) < 4.78 is 27.1. The van der Waals surface area contributed by atoms with E-state index in [1.165, 1.54) is 17.4 Å². The topological polar surface area (TPSA) is 113 Å². The highest BCUT2D eigenvalue weighted by Crippen LogP contribution is 2.42.